The molecule has 4 N–H and O–H groups in total. The van der Waals surface area contributed by atoms with Crippen molar-refractivity contribution < 1.29 is 18.3 Å². The maximum absolute atomic E-state index is 11.8. The highest BCUT2D eigenvalue weighted by molar-refractivity contribution is 7.89. The van der Waals surface area contributed by atoms with Crippen molar-refractivity contribution in [1.29, 1.82) is 0 Å². The molecule has 0 aromatic heterocycles. The van der Waals surface area contributed by atoms with Crippen LogP contribution in [-0.4, -0.2) is 33.8 Å². The fraction of sp³-hybridized carbons (Fsp3) is 0.400. The highest BCUT2D eigenvalue weighted by atomic mass is 32.2. The minimum Gasteiger partial charge on any atom is -0.506 e. The van der Waals surface area contributed by atoms with Crippen molar-refractivity contribution in [2.24, 2.45) is 0 Å². The van der Waals surface area contributed by atoms with Gasteiger partial charge in [-0.25, -0.2) is 13.1 Å². The Morgan fingerprint density at radius 3 is 2.76 bits per heavy atom. The van der Waals surface area contributed by atoms with Crippen LogP contribution in [0.5, 0.6) is 5.75 Å². The van der Waals surface area contributed by atoms with Gasteiger partial charge in [0.25, 0.3) is 0 Å². The SMILES string of the molecule is COCCCNS(=O)(=O)c1ccc(N)c(O)c1. The summed E-state index contributed by atoms with van der Waals surface area (Å²) in [4.78, 5) is -0.0124. The van der Waals surface area contributed by atoms with Crippen molar-refractivity contribution in [3.63, 3.8) is 0 Å². The molecule has 0 atom stereocenters. The van der Waals surface area contributed by atoms with Crippen molar-refractivity contribution in [1.82, 2.24) is 4.72 Å². The molecule has 0 unspecified atom stereocenters. The minimum atomic E-state index is -3.60. The lowest BCUT2D eigenvalue weighted by molar-refractivity contribution is 0.196. The highest BCUT2D eigenvalue weighted by Crippen LogP contribution is 2.23. The van der Waals surface area contributed by atoms with Gasteiger partial charge in [0.2, 0.25) is 10.0 Å². The van der Waals surface area contributed by atoms with Gasteiger partial charge in [-0.3, -0.25) is 0 Å². The fourth-order valence-electron chi connectivity index (χ4n) is 1.20. The molecule has 0 saturated carbocycles. The van der Waals surface area contributed by atoms with E-state index in [1.165, 1.54) is 12.1 Å². The average molecular weight is 260 g/mol. The number of rotatable bonds is 6. The number of benzene rings is 1. The summed E-state index contributed by atoms with van der Waals surface area (Å²) in [5, 5.41) is 9.34. The Kier molecular flexibility index (Phi) is 4.73. The molecule has 0 amide bonds. The Hall–Kier alpha value is -1.31. The number of phenols is 1. The van der Waals surface area contributed by atoms with Crippen LogP contribution < -0.4 is 10.5 Å². The number of methoxy groups -OCH3 is 1. The molecule has 6 nitrogen and oxygen atoms in total. The van der Waals surface area contributed by atoms with Crippen LogP contribution in [-0.2, 0) is 14.8 Å². The standard InChI is InChI=1S/C10H16N2O4S/c1-16-6-2-5-12-17(14,15)8-3-4-9(11)10(13)7-8/h3-4,7,12-13H,2,5-6,11H2,1H3. The summed E-state index contributed by atoms with van der Waals surface area (Å²) in [7, 11) is -2.05. The van der Waals surface area contributed by atoms with Gasteiger partial charge in [-0.1, -0.05) is 0 Å². The number of anilines is 1. The van der Waals surface area contributed by atoms with Gasteiger partial charge >= 0.3 is 0 Å². The first kappa shape index (κ1) is 13.8. The van der Waals surface area contributed by atoms with Crippen LogP contribution in [0.15, 0.2) is 23.1 Å². The summed E-state index contributed by atoms with van der Waals surface area (Å²) in [6.07, 6.45) is 0.580. The second-order valence-electron chi connectivity index (χ2n) is 3.46. The number of phenolic OH excluding ortho intramolecular Hbond substituents is 1. The Morgan fingerprint density at radius 1 is 1.47 bits per heavy atom. The van der Waals surface area contributed by atoms with Gasteiger partial charge < -0.3 is 15.6 Å². The molecular weight excluding hydrogens is 244 g/mol. The zero-order chi connectivity index (χ0) is 12.9. The van der Waals surface area contributed by atoms with Gasteiger partial charge in [0.05, 0.1) is 10.6 Å². The van der Waals surface area contributed by atoms with Gasteiger partial charge in [0.1, 0.15) is 5.75 Å². The Labute approximate surface area is 100 Å². The fourth-order valence-corrected chi connectivity index (χ4v) is 2.29. The van der Waals surface area contributed by atoms with Gasteiger partial charge in [0.15, 0.2) is 0 Å². The first-order chi connectivity index (χ1) is 7.97. The smallest absolute Gasteiger partial charge is 0.240 e. The summed E-state index contributed by atoms with van der Waals surface area (Å²) >= 11 is 0. The number of nitrogens with two attached hydrogens (primary N) is 1. The van der Waals surface area contributed by atoms with Gasteiger partial charge in [0, 0.05) is 26.3 Å². The molecule has 0 bridgehead atoms. The van der Waals surface area contributed by atoms with E-state index in [1.54, 1.807) is 7.11 Å². The first-order valence-electron chi connectivity index (χ1n) is 5.04. The van der Waals surface area contributed by atoms with Crippen molar-refractivity contribution in [3.8, 4) is 5.75 Å². The number of ether oxygens (including phenoxy) is 1. The van der Waals surface area contributed by atoms with Crippen LogP contribution in [0.2, 0.25) is 0 Å². The summed E-state index contributed by atoms with van der Waals surface area (Å²) in [5.41, 5.74) is 5.53. The molecule has 0 heterocycles. The molecule has 0 radical (unpaired) electrons. The van der Waals surface area contributed by atoms with Crippen LogP contribution in [0, 0.1) is 0 Å². The zero-order valence-electron chi connectivity index (χ0n) is 9.51. The molecule has 7 heteroatoms. The van der Waals surface area contributed by atoms with Crippen LogP contribution in [0.1, 0.15) is 6.42 Å². The van der Waals surface area contributed by atoms with Crippen molar-refractivity contribution in [3.05, 3.63) is 18.2 Å². The predicted octanol–water partition coefficient (Wildman–Crippen LogP) is 0.289. The largest absolute Gasteiger partial charge is 0.506 e. The molecule has 0 fully saturated rings. The van der Waals surface area contributed by atoms with Crippen molar-refractivity contribution in [2.45, 2.75) is 11.3 Å². The van der Waals surface area contributed by atoms with Crippen LogP contribution >= 0.6 is 0 Å². The maximum atomic E-state index is 11.8. The number of hydrogen-bond acceptors (Lipinski definition) is 5. The molecule has 96 valence electrons. The molecule has 0 aliphatic rings. The van der Waals surface area contributed by atoms with Gasteiger partial charge in [-0.05, 0) is 18.6 Å². The summed E-state index contributed by atoms with van der Waals surface area (Å²) in [5.74, 6) is -0.246. The minimum absolute atomic E-state index is 0.0124. The predicted molar refractivity (Wildman–Crippen MR) is 64.2 cm³/mol. The summed E-state index contributed by atoms with van der Waals surface area (Å²) in [6, 6.07) is 3.81. The monoisotopic (exact) mass is 260 g/mol. The van der Waals surface area contributed by atoms with E-state index in [2.05, 4.69) is 4.72 Å². The van der Waals surface area contributed by atoms with E-state index in [0.29, 0.717) is 13.0 Å². The van der Waals surface area contributed by atoms with E-state index < -0.39 is 10.0 Å². The molecular formula is C10H16N2O4S. The maximum Gasteiger partial charge on any atom is 0.240 e. The number of aromatic hydroxyl groups is 1. The lowest BCUT2D eigenvalue weighted by Crippen LogP contribution is -2.25. The third-order valence-electron chi connectivity index (χ3n) is 2.13. The number of hydrogen-bond donors (Lipinski definition) is 3. The number of nitrogens with one attached hydrogen (secondary N) is 1. The average Bonchev–Trinajstić information content (AvgIpc) is 2.28. The molecule has 0 aliphatic carbocycles. The molecule has 0 saturated heterocycles. The topological polar surface area (TPSA) is 102 Å². The lowest BCUT2D eigenvalue weighted by atomic mass is 10.3. The number of nitrogen functional groups attached to an aromatic ring is 1. The van der Waals surface area contributed by atoms with Gasteiger partial charge in [-0.15, -0.1) is 0 Å². The third kappa shape index (κ3) is 3.88. The van der Waals surface area contributed by atoms with Crippen LogP contribution in [0.25, 0.3) is 0 Å². The zero-order valence-corrected chi connectivity index (χ0v) is 10.3. The quantitative estimate of drug-likeness (QED) is 0.387. The lowest BCUT2D eigenvalue weighted by Gasteiger charge is -2.07. The van der Waals surface area contributed by atoms with E-state index in [1.807, 2.05) is 0 Å². The Bertz CT molecular complexity index is 473. The molecule has 0 aliphatic heterocycles. The van der Waals surface area contributed by atoms with Crippen molar-refractivity contribution in [2.75, 3.05) is 26.0 Å². The molecule has 1 aromatic carbocycles. The molecule has 17 heavy (non-hydrogen) atoms. The van der Waals surface area contributed by atoms with E-state index in [9.17, 15) is 13.5 Å². The second kappa shape index (κ2) is 5.85. The number of sulfonamides is 1. The second-order valence-corrected chi connectivity index (χ2v) is 5.23. The summed E-state index contributed by atoms with van der Waals surface area (Å²) < 4.78 is 30.7. The Balaban J connectivity index is 2.72. The van der Waals surface area contributed by atoms with E-state index in [0.717, 1.165) is 6.07 Å². The normalized spacial score (nSPS) is 11.6. The van der Waals surface area contributed by atoms with Crippen LogP contribution in [0.4, 0.5) is 5.69 Å². The molecule has 1 aromatic rings. The van der Waals surface area contributed by atoms with E-state index in [4.69, 9.17) is 10.5 Å². The summed E-state index contributed by atoms with van der Waals surface area (Å²) in [6.45, 7) is 0.761. The molecule has 0 spiro atoms. The van der Waals surface area contributed by atoms with Crippen molar-refractivity contribution >= 4 is 15.7 Å². The third-order valence-corrected chi connectivity index (χ3v) is 3.59. The van der Waals surface area contributed by atoms with Crippen LogP contribution in [0.3, 0.4) is 0 Å². The molecule has 1 rings (SSSR count). The highest BCUT2D eigenvalue weighted by Gasteiger charge is 2.14. The first-order valence-corrected chi connectivity index (χ1v) is 6.53. The van der Waals surface area contributed by atoms with E-state index >= 15 is 0 Å². The van der Waals surface area contributed by atoms with E-state index in [-0.39, 0.29) is 22.9 Å². The Morgan fingerprint density at radius 2 is 2.18 bits per heavy atom. The van der Waals surface area contributed by atoms with Gasteiger partial charge in [-0.2, -0.15) is 0 Å².